The summed E-state index contributed by atoms with van der Waals surface area (Å²) < 4.78 is 0. The molecule has 0 aliphatic heterocycles. The molecule has 18 heavy (non-hydrogen) atoms. The van der Waals surface area contributed by atoms with Gasteiger partial charge < -0.3 is 0 Å². The fraction of sp³-hybridized carbons (Fsp3) is 0.0667. The first-order valence-corrected chi connectivity index (χ1v) is 5.55. The molecule has 0 aromatic heterocycles. The number of hydrogen-bond donors (Lipinski definition) is 0. The van der Waals surface area contributed by atoms with Crippen LogP contribution in [-0.4, -0.2) is 0 Å². The van der Waals surface area contributed by atoms with Gasteiger partial charge in [0, 0.05) is 0 Å². The maximum Gasteiger partial charge on any atom is 0.185 e. The Balaban J connectivity index is 2.39. The van der Waals surface area contributed by atoms with Gasteiger partial charge in [-0.2, -0.15) is 10.5 Å². The van der Waals surface area contributed by atoms with Gasteiger partial charge in [-0.05, 0) is 17.7 Å². The highest BCUT2D eigenvalue weighted by Gasteiger charge is 2.19. The summed E-state index contributed by atoms with van der Waals surface area (Å²) in [5.41, 5.74) is 1.53. The molecule has 0 N–H and O–H groups in total. The first-order valence-electron chi connectivity index (χ1n) is 5.55. The standard InChI is InChI=1S/C15H11N3/c16-11-15(13-7-3-1-4-8-13)18(12-17)14-9-5-2-6-10-14/h1-10,15H. The lowest BCUT2D eigenvalue weighted by molar-refractivity contribution is 0.866. The van der Waals surface area contributed by atoms with E-state index in [4.69, 9.17) is 0 Å². The summed E-state index contributed by atoms with van der Waals surface area (Å²) >= 11 is 0. The van der Waals surface area contributed by atoms with Gasteiger partial charge in [-0.25, -0.2) is 0 Å². The van der Waals surface area contributed by atoms with Crippen LogP contribution >= 0.6 is 0 Å². The van der Waals surface area contributed by atoms with Crippen molar-refractivity contribution in [3.8, 4) is 12.3 Å². The lowest BCUT2D eigenvalue weighted by Crippen LogP contribution is -2.22. The van der Waals surface area contributed by atoms with Crippen molar-refractivity contribution in [1.29, 1.82) is 10.5 Å². The van der Waals surface area contributed by atoms with E-state index in [1.54, 1.807) is 0 Å². The average Bonchev–Trinajstić information content (AvgIpc) is 2.46. The highest BCUT2D eigenvalue weighted by atomic mass is 15.2. The summed E-state index contributed by atoms with van der Waals surface area (Å²) in [7, 11) is 0. The Hall–Kier alpha value is -2.78. The van der Waals surface area contributed by atoms with E-state index in [1.807, 2.05) is 60.7 Å². The van der Waals surface area contributed by atoms with E-state index in [2.05, 4.69) is 12.3 Å². The van der Waals surface area contributed by atoms with Gasteiger partial charge in [0.2, 0.25) is 0 Å². The molecule has 1 atom stereocenters. The van der Waals surface area contributed by atoms with Gasteiger partial charge in [0.15, 0.2) is 12.2 Å². The molecule has 2 rings (SSSR count). The van der Waals surface area contributed by atoms with Gasteiger partial charge >= 0.3 is 0 Å². The van der Waals surface area contributed by atoms with Crippen molar-refractivity contribution in [1.82, 2.24) is 0 Å². The van der Waals surface area contributed by atoms with Crippen LogP contribution in [0.1, 0.15) is 11.6 Å². The van der Waals surface area contributed by atoms with E-state index in [0.29, 0.717) is 0 Å². The third-order valence-corrected chi connectivity index (χ3v) is 2.64. The Morgan fingerprint density at radius 2 is 1.39 bits per heavy atom. The van der Waals surface area contributed by atoms with Crippen LogP contribution in [0.3, 0.4) is 0 Å². The maximum absolute atomic E-state index is 9.30. The highest BCUT2D eigenvalue weighted by Crippen LogP contribution is 2.25. The van der Waals surface area contributed by atoms with Crippen molar-refractivity contribution >= 4 is 5.69 Å². The van der Waals surface area contributed by atoms with Gasteiger partial charge in [0.05, 0.1) is 11.8 Å². The summed E-state index contributed by atoms with van der Waals surface area (Å²) in [5.74, 6) is 0. The van der Waals surface area contributed by atoms with Crippen molar-refractivity contribution in [3.05, 3.63) is 66.2 Å². The van der Waals surface area contributed by atoms with Crippen molar-refractivity contribution in [2.45, 2.75) is 6.04 Å². The maximum atomic E-state index is 9.30. The third-order valence-electron chi connectivity index (χ3n) is 2.64. The Labute approximate surface area is 106 Å². The topological polar surface area (TPSA) is 50.8 Å². The van der Waals surface area contributed by atoms with E-state index >= 15 is 0 Å². The summed E-state index contributed by atoms with van der Waals surface area (Å²) in [6.45, 7) is 0. The molecule has 2 aromatic rings. The molecule has 0 aliphatic rings. The fourth-order valence-corrected chi connectivity index (χ4v) is 1.77. The monoisotopic (exact) mass is 233 g/mol. The van der Waals surface area contributed by atoms with Gasteiger partial charge in [0.25, 0.3) is 0 Å². The molecule has 3 heteroatoms. The summed E-state index contributed by atoms with van der Waals surface area (Å²) in [4.78, 5) is 1.41. The van der Waals surface area contributed by atoms with Crippen LogP contribution < -0.4 is 4.90 Å². The van der Waals surface area contributed by atoms with E-state index in [0.717, 1.165) is 11.3 Å². The second-order valence-electron chi connectivity index (χ2n) is 3.75. The Morgan fingerprint density at radius 1 is 0.833 bits per heavy atom. The minimum absolute atomic E-state index is 0.599. The van der Waals surface area contributed by atoms with Gasteiger partial charge in [0.1, 0.15) is 0 Å². The van der Waals surface area contributed by atoms with Crippen LogP contribution in [0.25, 0.3) is 0 Å². The van der Waals surface area contributed by atoms with Gasteiger partial charge in [-0.3, -0.25) is 4.90 Å². The first-order chi connectivity index (χ1) is 8.86. The van der Waals surface area contributed by atoms with E-state index in [9.17, 15) is 10.5 Å². The third kappa shape index (κ3) is 2.31. The van der Waals surface area contributed by atoms with E-state index in [-0.39, 0.29) is 0 Å². The molecule has 0 aliphatic carbocycles. The van der Waals surface area contributed by atoms with Crippen LogP contribution in [0, 0.1) is 22.8 Å². The molecule has 0 radical (unpaired) electrons. The molecule has 0 spiro atoms. The molecule has 0 bridgehead atoms. The van der Waals surface area contributed by atoms with Crippen molar-refractivity contribution in [2.75, 3.05) is 4.90 Å². The fourth-order valence-electron chi connectivity index (χ4n) is 1.77. The van der Waals surface area contributed by atoms with E-state index in [1.165, 1.54) is 4.90 Å². The van der Waals surface area contributed by atoms with Crippen LogP contribution in [0.15, 0.2) is 60.7 Å². The lowest BCUT2D eigenvalue weighted by atomic mass is 10.1. The van der Waals surface area contributed by atoms with E-state index < -0.39 is 6.04 Å². The normalized spacial score (nSPS) is 11.0. The predicted octanol–water partition coefficient (Wildman–Crippen LogP) is 3.24. The van der Waals surface area contributed by atoms with Crippen LogP contribution in [-0.2, 0) is 0 Å². The van der Waals surface area contributed by atoms with Crippen LogP contribution in [0.4, 0.5) is 5.69 Å². The number of nitrogens with zero attached hydrogens (tertiary/aromatic N) is 3. The number of para-hydroxylation sites is 1. The molecule has 1 unspecified atom stereocenters. The molecule has 0 amide bonds. The molecule has 0 saturated heterocycles. The van der Waals surface area contributed by atoms with Crippen molar-refractivity contribution < 1.29 is 0 Å². The second-order valence-corrected chi connectivity index (χ2v) is 3.75. The van der Waals surface area contributed by atoms with Crippen LogP contribution in [0.2, 0.25) is 0 Å². The Bertz CT molecular complexity index is 523. The summed E-state index contributed by atoms with van der Waals surface area (Å²) in [6.07, 6.45) is 2.08. The molecule has 3 nitrogen and oxygen atoms in total. The SMILES string of the molecule is N#CC(c1ccccc1)N(C#N)c1ccccc1. The smallest absolute Gasteiger partial charge is 0.185 e. The number of hydrogen-bond acceptors (Lipinski definition) is 3. The molecular formula is C15H11N3. The molecule has 86 valence electrons. The van der Waals surface area contributed by atoms with Gasteiger partial charge in [-0.1, -0.05) is 48.5 Å². The summed E-state index contributed by atoms with van der Waals surface area (Å²) in [5, 5.41) is 18.6. The minimum Gasteiger partial charge on any atom is -0.258 e. The predicted molar refractivity (Wildman–Crippen MR) is 69.3 cm³/mol. The quantitative estimate of drug-likeness (QED) is 0.604. The Morgan fingerprint density at radius 3 is 1.89 bits per heavy atom. The van der Waals surface area contributed by atoms with Crippen LogP contribution in [0.5, 0.6) is 0 Å². The summed E-state index contributed by atoms with van der Waals surface area (Å²) in [6, 6.07) is 20.1. The molecule has 2 aromatic carbocycles. The zero-order valence-electron chi connectivity index (χ0n) is 9.69. The molecule has 0 heterocycles. The highest BCUT2D eigenvalue weighted by molar-refractivity contribution is 5.54. The number of anilines is 1. The molecule has 0 fully saturated rings. The number of benzene rings is 2. The number of nitriles is 2. The zero-order valence-corrected chi connectivity index (χ0v) is 9.69. The number of rotatable bonds is 3. The Kier molecular flexibility index (Phi) is 3.59. The minimum atomic E-state index is -0.599. The largest absolute Gasteiger partial charge is 0.258 e. The zero-order chi connectivity index (χ0) is 12.8. The molecule has 0 saturated carbocycles. The molecular weight excluding hydrogens is 222 g/mol. The first kappa shape index (κ1) is 11.7. The van der Waals surface area contributed by atoms with Crippen molar-refractivity contribution in [3.63, 3.8) is 0 Å². The second kappa shape index (κ2) is 5.52. The van der Waals surface area contributed by atoms with Gasteiger partial charge in [-0.15, -0.1) is 0 Å². The lowest BCUT2D eigenvalue weighted by Gasteiger charge is -2.21. The van der Waals surface area contributed by atoms with Crippen molar-refractivity contribution in [2.24, 2.45) is 0 Å². The average molecular weight is 233 g/mol.